The highest BCUT2D eigenvalue weighted by Gasteiger charge is 2.26. The molecule has 1 aromatic heterocycles. The molecule has 0 amide bonds. The Bertz CT molecular complexity index is 567. The maximum absolute atomic E-state index is 4.77. The normalized spacial score (nSPS) is 18.0. The predicted molar refractivity (Wildman–Crippen MR) is 89.4 cm³/mol. The summed E-state index contributed by atoms with van der Waals surface area (Å²) in [5.41, 5.74) is 1.26. The molecular weight excluding hydrogens is 256 g/mol. The number of nitrogens with one attached hydrogen (secondary N) is 1. The van der Waals surface area contributed by atoms with Crippen molar-refractivity contribution in [3.05, 3.63) is 42.2 Å². The number of benzene rings is 1. The molecule has 1 atom stereocenters. The smallest absolute Gasteiger partial charge is 0.0654 e. The zero-order chi connectivity index (χ0) is 14.5. The van der Waals surface area contributed by atoms with E-state index in [9.17, 15) is 0 Å². The van der Waals surface area contributed by atoms with Crippen molar-refractivity contribution in [2.75, 3.05) is 6.54 Å². The number of nitrogens with zero attached hydrogens (tertiary/aromatic N) is 1. The quantitative estimate of drug-likeness (QED) is 0.847. The van der Waals surface area contributed by atoms with E-state index in [1.54, 1.807) is 0 Å². The molecule has 0 spiro atoms. The molecule has 1 aromatic carbocycles. The van der Waals surface area contributed by atoms with Crippen LogP contribution in [0.15, 0.2) is 36.5 Å². The Morgan fingerprint density at radius 2 is 1.95 bits per heavy atom. The standard InChI is InChI=1S/C19H26N2/c1-2-13-20-18(16-9-4-3-5-10-16)19-17-11-7-6-8-15(17)12-14-21-19/h6-8,11-12,14,16,18,20H,2-5,9-10,13H2,1H3. The van der Waals surface area contributed by atoms with Crippen LogP contribution in [0.4, 0.5) is 0 Å². The van der Waals surface area contributed by atoms with E-state index < -0.39 is 0 Å². The zero-order valence-electron chi connectivity index (χ0n) is 13.0. The SMILES string of the molecule is CCCNC(c1nccc2ccccc12)C1CCCCC1. The van der Waals surface area contributed by atoms with Gasteiger partial charge in [-0.25, -0.2) is 0 Å². The fourth-order valence-corrected chi connectivity index (χ4v) is 3.64. The molecule has 1 fully saturated rings. The summed E-state index contributed by atoms with van der Waals surface area (Å²) in [7, 11) is 0. The molecule has 0 bridgehead atoms. The second kappa shape index (κ2) is 7.04. The first-order valence-corrected chi connectivity index (χ1v) is 8.47. The van der Waals surface area contributed by atoms with Crippen LogP contribution in [0.25, 0.3) is 10.8 Å². The molecule has 1 N–H and O–H groups in total. The van der Waals surface area contributed by atoms with Gasteiger partial charge in [0.05, 0.1) is 11.7 Å². The van der Waals surface area contributed by atoms with Gasteiger partial charge in [-0.05, 0) is 43.2 Å². The van der Waals surface area contributed by atoms with Crippen LogP contribution in [0.5, 0.6) is 0 Å². The van der Waals surface area contributed by atoms with Gasteiger partial charge >= 0.3 is 0 Å². The summed E-state index contributed by atoms with van der Waals surface area (Å²) in [5, 5.41) is 6.41. The van der Waals surface area contributed by atoms with Gasteiger partial charge in [-0.2, -0.15) is 0 Å². The molecule has 1 unspecified atom stereocenters. The maximum atomic E-state index is 4.77. The van der Waals surface area contributed by atoms with Crippen LogP contribution in [-0.4, -0.2) is 11.5 Å². The molecule has 21 heavy (non-hydrogen) atoms. The lowest BCUT2D eigenvalue weighted by molar-refractivity contribution is 0.269. The fourth-order valence-electron chi connectivity index (χ4n) is 3.64. The van der Waals surface area contributed by atoms with Gasteiger partial charge in [0.25, 0.3) is 0 Å². The Labute approximate surface area is 128 Å². The summed E-state index contributed by atoms with van der Waals surface area (Å²) in [6.07, 6.45) is 9.98. The van der Waals surface area contributed by atoms with Gasteiger partial charge in [-0.1, -0.05) is 50.5 Å². The minimum atomic E-state index is 0.413. The van der Waals surface area contributed by atoms with Crippen molar-refractivity contribution in [2.24, 2.45) is 5.92 Å². The minimum Gasteiger partial charge on any atom is -0.308 e. The van der Waals surface area contributed by atoms with Crippen LogP contribution < -0.4 is 5.32 Å². The Morgan fingerprint density at radius 3 is 2.76 bits per heavy atom. The number of hydrogen-bond acceptors (Lipinski definition) is 2. The van der Waals surface area contributed by atoms with Gasteiger partial charge in [0.15, 0.2) is 0 Å². The summed E-state index contributed by atoms with van der Waals surface area (Å²) >= 11 is 0. The maximum Gasteiger partial charge on any atom is 0.0654 e. The largest absolute Gasteiger partial charge is 0.308 e. The highest BCUT2D eigenvalue weighted by molar-refractivity contribution is 5.84. The molecule has 3 rings (SSSR count). The number of pyridine rings is 1. The van der Waals surface area contributed by atoms with Crippen molar-refractivity contribution >= 4 is 10.8 Å². The molecule has 112 valence electrons. The van der Waals surface area contributed by atoms with Gasteiger partial charge in [-0.15, -0.1) is 0 Å². The lowest BCUT2D eigenvalue weighted by Gasteiger charge is -2.31. The van der Waals surface area contributed by atoms with Crippen LogP contribution in [0.2, 0.25) is 0 Å². The second-order valence-electron chi connectivity index (χ2n) is 6.25. The third kappa shape index (κ3) is 3.26. The van der Waals surface area contributed by atoms with Crippen LogP contribution in [0, 0.1) is 5.92 Å². The summed E-state index contributed by atoms with van der Waals surface area (Å²) < 4.78 is 0. The van der Waals surface area contributed by atoms with E-state index in [1.165, 1.54) is 55.0 Å². The summed E-state index contributed by atoms with van der Waals surface area (Å²) in [4.78, 5) is 4.77. The molecule has 2 aromatic rings. The first-order chi connectivity index (χ1) is 10.4. The number of fused-ring (bicyclic) bond motifs is 1. The Hall–Kier alpha value is -1.41. The Kier molecular flexibility index (Phi) is 4.87. The Balaban J connectivity index is 1.96. The van der Waals surface area contributed by atoms with Crippen molar-refractivity contribution in [3.63, 3.8) is 0 Å². The van der Waals surface area contributed by atoms with Gasteiger partial charge in [0, 0.05) is 11.6 Å². The number of rotatable bonds is 5. The average Bonchev–Trinajstić information content (AvgIpc) is 2.56. The predicted octanol–water partition coefficient (Wildman–Crippen LogP) is 4.86. The lowest BCUT2D eigenvalue weighted by Crippen LogP contribution is -2.31. The molecule has 0 aliphatic heterocycles. The molecular formula is C19H26N2. The van der Waals surface area contributed by atoms with Crippen molar-refractivity contribution in [1.82, 2.24) is 10.3 Å². The monoisotopic (exact) mass is 282 g/mol. The van der Waals surface area contributed by atoms with E-state index in [4.69, 9.17) is 4.98 Å². The third-order valence-electron chi connectivity index (χ3n) is 4.73. The molecule has 2 heteroatoms. The first-order valence-electron chi connectivity index (χ1n) is 8.47. The highest BCUT2D eigenvalue weighted by Crippen LogP contribution is 2.36. The van der Waals surface area contributed by atoms with Crippen LogP contribution in [0.1, 0.15) is 57.2 Å². The molecule has 1 aliphatic rings. The zero-order valence-corrected chi connectivity index (χ0v) is 13.0. The fraction of sp³-hybridized carbons (Fsp3) is 0.526. The summed E-state index contributed by atoms with van der Waals surface area (Å²) in [6, 6.07) is 11.2. The van der Waals surface area contributed by atoms with Crippen LogP contribution >= 0.6 is 0 Å². The van der Waals surface area contributed by atoms with Gasteiger partial charge in [0.2, 0.25) is 0 Å². The summed E-state index contributed by atoms with van der Waals surface area (Å²) in [6.45, 7) is 3.31. The lowest BCUT2D eigenvalue weighted by atomic mass is 9.81. The molecule has 1 heterocycles. The second-order valence-corrected chi connectivity index (χ2v) is 6.25. The topological polar surface area (TPSA) is 24.9 Å². The summed E-state index contributed by atoms with van der Waals surface area (Å²) in [5.74, 6) is 0.739. The van der Waals surface area contributed by atoms with Crippen LogP contribution in [0.3, 0.4) is 0 Å². The van der Waals surface area contributed by atoms with E-state index in [0.29, 0.717) is 6.04 Å². The van der Waals surface area contributed by atoms with Crippen molar-refractivity contribution in [3.8, 4) is 0 Å². The third-order valence-corrected chi connectivity index (χ3v) is 4.73. The van der Waals surface area contributed by atoms with E-state index in [1.807, 2.05) is 6.20 Å². The molecule has 1 saturated carbocycles. The van der Waals surface area contributed by atoms with E-state index in [-0.39, 0.29) is 0 Å². The number of aromatic nitrogens is 1. The average molecular weight is 282 g/mol. The van der Waals surface area contributed by atoms with E-state index in [0.717, 1.165) is 12.5 Å². The van der Waals surface area contributed by atoms with Crippen molar-refractivity contribution in [2.45, 2.75) is 51.5 Å². The van der Waals surface area contributed by atoms with Gasteiger partial charge in [0.1, 0.15) is 0 Å². The van der Waals surface area contributed by atoms with E-state index >= 15 is 0 Å². The molecule has 1 aliphatic carbocycles. The Morgan fingerprint density at radius 1 is 1.14 bits per heavy atom. The first kappa shape index (κ1) is 14.5. The van der Waals surface area contributed by atoms with Gasteiger partial charge < -0.3 is 5.32 Å². The highest BCUT2D eigenvalue weighted by atomic mass is 14.9. The van der Waals surface area contributed by atoms with Gasteiger partial charge in [-0.3, -0.25) is 4.98 Å². The van der Waals surface area contributed by atoms with Crippen molar-refractivity contribution < 1.29 is 0 Å². The van der Waals surface area contributed by atoms with Crippen molar-refractivity contribution in [1.29, 1.82) is 0 Å². The van der Waals surface area contributed by atoms with E-state index in [2.05, 4.69) is 42.6 Å². The minimum absolute atomic E-state index is 0.413. The molecule has 0 radical (unpaired) electrons. The van der Waals surface area contributed by atoms with Crippen LogP contribution in [-0.2, 0) is 0 Å². The number of hydrogen-bond donors (Lipinski definition) is 1. The molecule has 2 nitrogen and oxygen atoms in total. The molecule has 0 saturated heterocycles.